The highest BCUT2D eigenvalue weighted by molar-refractivity contribution is 6.45. The van der Waals surface area contributed by atoms with Crippen molar-refractivity contribution in [2.45, 2.75) is 66.2 Å². The first kappa shape index (κ1) is 21.4. The van der Waals surface area contributed by atoms with E-state index in [1.807, 2.05) is 6.92 Å². The molecule has 6 aliphatic carbocycles. The molecule has 6 rings (SSSR count). The second-order valence-electron chi connectivity index (χ2n) is 11.7. The van der Waals surface area contributed by atoms with Crippen LogP contribution in [0.3, 0.4) is 0 Å². The summed E-state index contributed by atoms with van der Waals surface area (Å²) in [5, 5.41) is 10.2. The number of fused-ring (bicyclic) bond motifs is 1. The van der Waals surface area contributed by atoms with Gasteiger partial charge >= 0.3 is 5.97 Å². The van der Waals surface area contributed by atoms with Gasteiger partial charge in [0, 0.05) is 23.3 Å². The van der Waals surface area contributed by atoms with Crippen LogP contribution in [0.2, 0.25) is 0 Å². The van der Waals surface area contributed by atoms with Crippen molar-refractivity contribution < 1.29 is 19.5 Å². The molecule has 0 aliphatic heterocycles. The van der Waals surface area contributed by atoms with E-state index in [4.69, 9.17) is 11.6 Å². The van der Waals surface area contributed by atoms with E-state index in [1.165, 1.54) is 11.6 Å². The van der Waals surface area contributed by atoms with Crippen LogP contribution in [-0.4, -0.2) is 22.6 Å². The Kier molecular flexibility index (Phi) is 4.53. The third-order valence-electron chi connectivity index (χ3n) is 10.3. The lowest BCUT2D eigenvalue weighted by atomic mass is 9.33. The molecule has 5 heteroatoms. The molecule has 168 valence electrons. The molecule has 1 spiro atoms. The van der Waals surface area contributed by atoms with Crippen molar-refractivity contribution in [3.05, 3.63) is 22.8 Å². The fraction of sp³-hybridized carbons (Fsp3) is 0.731. The molecule has 6 aliphatic rings. The van der Waals surface area contributed by atoms with Gasteiger partial charge in [0.05, 0.1) is 10.4 Å². The van der Waals surface area contributed by atoms with Crippen LogP contribution < -0.4 is 0 Å². The number of hydrogen-bond donors (Lipinski definition) is 1. The molecule has 1 N–H and O–H groups in total. The van der Waals surface area contributed by atoms with E-state index in [0.717, 1.165) is 38.5 Å². The number of allylic oxidation sites excluding steroid dienone is 4. The van der Waals surface area contributed by atoms with Gasteiger partial charge in [-0.05, 0) is 68.1 Å². The fourth-order valence-electron chi connectivity index (χ4n) is 9.07. The Balaban J connectivity index is 1.69. The molecule has 4 nitrogen and oxygen atoms in total. The first-order chi connectivity index (χ1) is 14.5. The van der Waals surface area contributed by atoms with Gasteiger partial charge in [0.15, 0.2) is 11.6 Å². The van der Waals surface area contributed by atoms with Crippen molar-refractivity contribution in [2.75, 3.05) is 0 Å². The topological polar surface area (TPSA) is 71.4 Å². The molecule has 8 atom stereocenters. The number of Topliss-reactive ketones (excluding diaryl/α,β-unsaturated/α-hetero) is 1. The molecule has 31 heavy (non-hydrogen) atoms. The number of rotatable bonds is 2. The summed E-state index contributed by atoms with van der Waals surface area (Å²) in [7, 11) is 0. The van der Waals surface area contributed by atoms with Gasteiger partial charge < -0.3 is 5.11 Å². The molecule has 0 radical (unpaired) electrons. The van der Waals surface area contributed by atoms with Crippen LogP contribution in [0.5, 0.6) is 0 Å². The number of aliphatic carboxylic acids is 1. The Labute approximate surface area is 189 Å². The molecule has 0 aromatic rings. The molecule has 0 unspecified atom stereocenters. The van der Waals surface area contributed by atoms with E-state index in [2.05, 4.69) is 26.8 Å². The van der Waals surface area contributed by atoms with Crippen LogP contribution in [0.25, 0.3) is 0 Å². The minimum absolute atomic E-state index is 0.00923. The second-order valence-corrected chi connectivity index (χ2v) is 12.1. The molecule has 3 saturated carbocycles. The second kappa shape index (κ2) is 6.56. The highest BCUT2D eigenvalue weighted by atomic mass is 35.5. The predicted molar refractivity (Wildman–Crippen MR) is 118 cm³/mol. The van der Waals surface area contributed by atoms with Crippen molar-refractivity contribution in [2.24, 2.45) is 51.8 Å². The Hall–Kier alpha value is -1.42. The van der Waals surface area contributed by atoms with Crippen LogP contribution in [0, 0.1) is 51.8 Å². The first-order valence-corrected chi connectivity index (χ1v) is 12.3. The van der Waals surface area contributed by atoms with Gasteiger partial charge in [0.25, 0.3) is 0 Å². The molecule has 2 bridgehead atoms. The number of carboxylic acids is 1. The fourth-order valence-corrected chi connectivity index (χ4v) is 9.30. The normalized spacial score (nSPS) is 48.5. The zero-order valence-corrected chi connectivity index (χ0v) is 19.7. The van der Waals surface area contributed by atoms with Gasteiger partial charge in [-0.3, -0.25) is 14.4 Å². The maximum absolute atomic E-state index is 13.4. The van der Waals surface area contributed by atoms with Crippen molar-refractivity contribution in [1.29, 1.82) is 0 Å². The first-order valence-electron chi connectivity index (χ1n) is 11.9. The van der Waals surface area contributed by atoms with E-state index in [1.54, 1.807) is 0 Å². The minimum Gasteiger partial charge on any atom is -0.481 e. The summed E-state index contributed by atoms with van der Waals surface area (Å²) in [5.74, 6) is -0.748. The Morgan fingerprint density at radius 1 is 1.16 bits per heavy atom. The van der Waals surface area contributed by atoms with Crippen LogP contribution in [0.15, 0.2) is 22.8 Å². The molecule has 3 fully saturated rings. The lowest BCUT2D eigenvalue weighted by molar-refractivity contribution is -0.197. The molecule has 0 saturated heterocycles. The smallest absolute Gasteiger partial charge is 0.309 e. The summed E-state index contributed by atoms with van der Waals surface area (Å²) in [6.45, 7) is 8.58. The van der Waals surface area contributed by atoms with Gasteiger partial charge in [-0.1, -0.05) is 50.4 Å². The standard InChI is InChI=1S/C26H33ClO4/c1-13(2)15-12-26-9-6-18-24(3,7-5-8-25(18,4)23(30)31)19(26)10-14(15)20-17(28)11-16(27)22(29)21(20)26/h11-14,18-21H,5-10H2,1-4H3,(H,30,31)/t14-,18+,19+,20-,21+,24+,25-,26+/m1/s1. The van der Waals surface area contributed by atoms with Crippen LogP contribution in [0.1, 0.15) is 66.2 Å². The predicted octanol–water partition coefficient (Wildman–Crippen LogP) is 5.40. The number of hydrogen-bond acceptors (Lipinski definition) is 3. The summed E-state index contributed by atoms with van der Waals surface area (Å²) in [6, 6.07) is 0. The van der Waals surface area contributed by atoms with E-state index in [-0.39, 0.29) is 57.0 Å². The molecular weight excluding hydrogens is 412 g/mol. The highest BCUT2D eigenvalue weighted by Gasteiger charge is 2.71. The summed E-state index contributed by atoms with van der Waals surface area (Å²) in [6.07, 6.45) is 8.80. The number of ketones is 2. The summed E-state index contributed by atoms with van der Waals surface area (Å²) >= 11 is 6.30. The van der Waals surface area contributed by atoms with Crippen LogP contribution in [0.4, 0.5) is 0 Å². The monoisotopic (exact) mass is 444 g/mol. The van der Waals surface area contributed by atoms with Crippen molar-refractivity contribution >= 4 is 29.1 Å². The molecule has 0 heterocycles. The quantitative estimate of drug-likeness (QED) is 0.578. The zero-order chi connectivity index (χ0) is 22.5. The van der Waals surface area contributed by atoms with Gasteiger partial charge in [0.1, 0.15) is 0 Å². The zero-order valence-electron chi connectivity index (χ0n) is 18.9. The van der Waals surface area contributed by atoms with Gasteiger partial charge in [0.2, 0.25) is 0 Å². The number of carbonyl (C=O) groups excluding carboxylic acids is 2. The van der Waals surface area contributed by atoms with Crippen molar-refractivity contribution in [3.63, 3.8) is 0 Å². The SMILES string of the molecule is CC(C)C1=C[C@@]23CC[C@H]4[C@](C)(CCC[C@@]4(C)C(=O)O)[C@@H]2C[C@H]1[C@@H]1C(=O)C=C(Cl)C(=O)[C@H]13. The van der Waals surface area contributed by atoms with Crippen LogP contribution in [-0.2, 0) is 14.4 Å². The summed E-state index contributed by atoms with van der Waals surface area (Å²) in [4.78, 5) is 39.0. The maximum Gasteiger partial charge on any atom is 0.309 e. The molecule has 0 amide bonds. The van der Waals surface area contributed by atoms with E-state index < -0.39 is 11.4 Å². The van der Waals surface area contributed by atoms with E-state index in [0.29, 0.717) is 5.92 Å². The van der Waals surface area contributed by atoms with Gasteiger partial charge in [-0.25, -0.2) is 0 Å². The van der Waals surface area contributed by atoms with E-state index in [9.17, 15) is 19.5 Å². The highest BCUT2D eigenvalue weighted by Crippen LogP contribution is 2.74. The largest absolute Gasteiger partial charge is 0.481 e. The van der Waals surface area contributed by atoms with E-state index >= 15 is 0 Å². The molecule has 0 aromatic carbocycles. The molecular formula is C26H33ClO4. The average molecular weight is 445 g/mol. The van der Waals surface area contributed by atoms with Gasteiger partial charge in [-0.15, -0.1) is 0 Å². The third-order valence-corrected chi connectivity index (χ3v) is 10.6. The lowest BCUT2D eigenvalue weighted by Gasteiger charge is -2.69. The lowest BCUT2D eigenvalue weighted by Crippen LogP contribution is -2.67. The van der Waals surface area contributed by atoms with Crippen molar-refractivity contribution in [1.82, 2.24) is 0 Å². The number of carboxylic acid groups (broad SMARTS) is 1. The summed E-state index contributed by atoms with van der Waals surface area (Å²) < 4.78 is 0. The van der Waals surface area contributed by atoms with Crippen molar-refractivity contribution in [3.8, 4) is 0 Å². The number of halogens is 1. The van der Waals surface area contributed by atoms with Gasteiger partial charge in [-0.2, -0.15) is 0 Å². The van der Waals surface area contributed by atoms with Crippen LogP contribution >= 0.6 is 11.6 Å². The number of carbonyl (C=O) groups is 3. The minimum atomic E-state index is -0.723. The Morgan fingerprint density at radius 3 is 2.52 bits per heavy atom. The average Bonchev–Trinajstić information content (AvgIpc) is 2.70. The Bertz CT molecular complexity index is 947. The maximum atomic E-state index is 13.4. The third kappa shape index (κ3) is 2.52. The molecule has 0 aromatic heterocycles. The summed E-state index contributed by atoms with van der Waals surface area (Å²) in [5.41, 5.74) is 0.0634. The Morgan fingerprint density at radius 2 is 1.87 bits per heavy atom.